The average Bonchev–Trinajstić information content (AvgIpc) is 2.51. The number of aryl methyl sites for hydroxylation is 1. The van der Waals surface area contributed by atoms with Crippen molar-refractivity contribution < 1.29 is 18.0 Å². The number of benzene rings is 1. The van der Waals surface area contributed by atoms with Gasteiger partial charge in [-0.05, 0) is 26.0 Å². The number of carbonyl (C=O) groups is 1. The molecular weight excluding hydrogens is 337 g/mol. The van der Waals surface area contributed by atoms with Crippen LogP contribution in [-0.2, 0) is 6.18 Å². The molecule has 2 aromatic rings. The van der Waals surface area contributed by atoms with Gasteiger partial charge in [0.25, 0.3) is 0 Å². The highest BCUT2D eigenvalue weighted by Crippen LogP contribution is 2.31. The molecule has 0 aliphatic rings. The van der Waals surface area contributed by atoms with Crippen LogP contribution in [0.2, 0.25) is 0 Å². The Kier molecular flexibility index (Phi) is 5.30. The molecule has 1 aromatic carbocycles. The van der Waals surface area contributed by atoms with Crippen molar-refractivity contribution in [3.63, 3.8) is 0 Å². The minimum atomic E-state index is -4.40. The Labute approximate surface area is 141 Å². The third-order valence-electron chi connectivity index (χ3n) is 3.17. The van der Waals surface area contributed by atoms with Crippen molar-refractivity contribution in [3.05, 3.63) is 41.1 Å². The van der Waals surface area contributed by atoms with Crippen LogP contribution in [0.25, 0.3) is 11.4 Å². The van der Waals surface area contributed by atoms with E-state index in [1.54, 1.807) is 6.92 Å². The van der Waals surface area contributed by atoms with Crippen LogP contribution in [0.5, 0.6) is 0 Å². The van der Waals surface area contributed by atoms with Gasteiger partial charge in [0, 0.05) is 5.56 Å². The Morgan fingerprint density at radius 2 is 1.88 bits per heavy atom. The van der Waals surface area contributed by atoms with Crippen LogP contribution in [0.15, 0.2) is 29.3 Å². The summed E-state index contributed by atoms with van der Waals surface area (Å²) in [6.07, 6.45) is 0.840. The van der Waals surface area contributed by atoms with Gasteiger partial charge in [-0.15, -0.1) is 6.42 Å². The Balaban J connectivity index is 2.49. The minimum Gasteiger partial charge on any atom is -0.294 e. The van der Waals surface area contributed by atoms with Crippen molar-refractivity contribution >= 4 is 17.5 Å². The molecule has 0 aliphatic heterocycles. The predicted octanol–water partition coefficient (Wildman–Crippen LogP) is 4.40. The normalized spacial score (nSPS) is 11.2. The van der Waals surface area contributed by atoms with Crippen LogP contribution < -0.4 is 0 Å². The summed E-state index contributed by atoms with van der Waals surface area (Å²) in [6.45, 7) is 3.06. The molecule has 0 N–H and O–H groups in total. The molecule has 1 aromatic heterocycles. The summed E-state index contributed by atoms with van der Waals surface area (Å²) in [5.74, 6) is 2.84. The molecule has 0 atom stereocenters. The lowest BCUT2D eigenvalue weighted by Crippen LogP contribution is -2.07. The fourth-order valence-electron chi connectivity index (χ4n) is 2.10. The number of alkyl halides is 3. The highest BCUT2D eigenvalue weighted by atomic mass is 32.2. The van der Waals surface area contributed by atoms with Gasteiger partial charge in [0.15, 0.2) is 11.6 Å². The van der Waals surface area contributed by atoms with Gasteiger partial charge >= 0.3 is 6.18 Å². The van der Waals surface area contributed by atoms with Gasteiger partial charge in [-0.2, -0.15) is 13.2 Å². The maximum atomic E-state index is 12.6. The van der Waals surface area contributed by atoms with E-state index in [2.05, 4.69) is 15.9 Å². The number of ketones is 1. The molecule has 1 heterocycles. The van der Waals surface area contributed by atoms with Gasteiger partial charge < -0.3 is 0 Å². The van der Waals surface area contributed by atoms with Crippen LogP contribution in [-0.4, -0.2) is 21.5 Å². The summed E-state index contributed by atoms with van der Waals surface area (Å²) in [5.41, 5.74) is 0.534. The largest absolute Gasteiger partial charge is 0.416 e. The molecule has 0 fully saturated rings. The monoisotopic (exact) mass is 350 g/mol. The molecule has 0 saturated heterocycles. The molecule has 0 spiro atoms. The van der Waals surface area contributed by atoms with E-state index >= 15 is 0 Å². The van der Waals surface area contributed by atoms with Gasteiger partial charge in [-0.1, -0.05) is 29.8 Å². The second-order valence-electron chi connectivity index (χ2n) is 4.94. The zero-order valence-corrected chi connectivity index (χ0v) is 13.8. The van der Waals surface area contributed by atoms with E-state index in [1.807, 2.05) is 0 Å². The Morgan fingerprint density at radius 1 is 1.25 bits per heavy atom. The maximum absolute atomic E-state index is 12.6. The number of Topliss-reactive ketones (excluding diaryl/α,β-unsaturated/α-hetero) is 1. The molecule has 3 nitrogen and oxygen atoms in total. The van der Waals surface area contributed by atoms with Crippen molar-refractivity contribution in [1.82, 2.24) is 9.97 Å². The quantitative estimate of drug-likeness (QED) is 0.355. The van der Waals surface area contributed by atoms with E-state index in [1.165, 1.54) is 30.8 Å². The standard InChI is InChI=1S/C17H13F3N2OS/c1-4-9-24-16-14(11(3)23)10(2)21-15(22-16)12-5-7-13(8-6-12)17(18,19)20/h1,5-8H,9H2,2-3H3. The summed E-state index contributed by atoms with van der Waals surface area (Å²) in [6, 6.07) is 4.56. The average molecular weight is 350 g/mol. The number of carbonyl (C=O) groups excluding carboxylic acids is 1. The number of aromatic nitrogens is 2. The molecule has 7 heteroatoms. The van der Waals surface area contributed by atoms with Crippen LogP contribution >= 0.6 is 11.8 Å². The Morgan fingerprint density at radius 3 is 2.38 bits per heavy atom. The van der Waals surface area contributed by atoms with E-state index in [0.717, 1.165) is 12.1 Å². The first-order valence-electron chi connectivity index (χ1n) is 6.87. The molecule has 0 unspecified atom stereocenters. The lowest BCUT2D eigenvalue weighted by atomic mass is 10.1. The smallest absolute Gasteiger partial charge is 0.294 e. The summed E-state index contributed by atoms with van der Waals surface area (Å²) < 4.78 is 37.9. The van der Waals surface area contributed by atoms with Gasteiger partial charge in [0.05, 0.1) is 22.6 Å². The molecule has 2 rings (SSSR count). The molecule has 0 radical (unpaired) electrons. The topological polar surface area (TPSA) is 42.9 Å². The number of rotatable bonds is 4. The highest BCUT2D eigenvalue weighted by Gasteiger charge is 2.30. The second-order valence-corrected chi connectivity index (χ2v) is 5.90. The first-order valence-corrected chi connectivity index (χ1v) is 7.86. The van der Waals surface area contributed by atoms with Gasteiger partial charge in [-0.3, -0.25) is 4.79 Å². The number of hydrogen-bond donors (Lipinski definition) is 0. The lowest BCUT2D eigenvalue weighted by molar-refractivity contribution is -0.137. The van der Waals surface area contributed by atoms with Gasteiger partial charge in [0.1, 0.15) is 5.03 Å². The zero-order valence-electron chi connectivity index (χ0n) is 12.9. The van der Waals surface area contributed by atoms with E-state index in [4.69, 9.17) is 6.42 Å². The van der Waals surface area contributed by atoms with Crippen molar-refractivity contribution in [3.8, 4) is 23.7 Å². The van der Waals surface area contributed by atoms with E-state index in [-0.39, 0.29) is 11.6 Å². The van der Waals surface area contributed by atoms with Gasteiger partial charge in [0.2, 0.25) is 0 Å². The summed E-state index contributed by atoms with van der Waals surface area (Å²) in [5, 5.41) is 0.433. The molecule has 124 valence electrons. The summed E-state index contributed by atoms with van der Waals surface area (Å²) in [4.78, 5) is 20.3. The number of nitrogens with zero attached hydrogens (tertiary/aromatic N) is 2. The second kappa shape index (κ2) is 7.05. The molecule has 0 aliphatic carbocycles. The number of halogens is 3. The van der Waals surface area contributed by atoms with Crippen LogP contribution in [0.1, 0.15) is 28.5 Å². The highest BCUT2D eigenvalue weighted by molar-refractivity contribution is 7.99. The molecule has 0 saturated carbocycles. The maximum Gasteiger partial charge on any atom is 0.416 e. The Bertz CT molecular complexity index is 808. The van der Waals surface area contributed by atoms with Crippen molar-refractivity contribution in [2.75, 3.05) is 5.75 Å². The molecule has 24 heavy (non-hydrogen) atoms. The third kappa shape index (κ3) is 3.95. The lowest BCUT2D eigenvalue weighted by Gasteiger charge is -2.11. The molecule has 0 amide bonds. The molecular formula is C17H13F3N2OS. The Hall–Kier alpha value is -2.33. The van der Waals surface area contributed by atoms with Crippen molar-refractivity contribution in [2.24, 2.45) is 0 Å². The van der Waals surface area contributed by atoms with Crippen LogP contribution in [0.3, 0.4) is 0 Å². The van der Waals surface area contributed by atoms with Crippen LogP contribution in [0.4, 0.5) is 13.2 Å². The number of terminal acetylenes is 1. The van der Waals surface area contributed by atoms with Gasteiger partial charge in [-0.25, -0.2) is 9.97 Å². The SMILES string of the molecule is C#CCSc1nc(-c2ccc(C(F)(F)F)cc2)nc(C)c1C(C)=O. The first-order chi connectivity index (χ1) is 11.2. The van der Waals surface area contributed by atoms with Crippen LogP contribution in [0, 0.1) is 19.3 Å². The predicted molar refractivity (Wildman–Crippen MR) is 86.8 cm³/mol. The van der Waals surface area contributed by atoms with Crippen molar-refractivity contribution in [2.45, 2.75) is 25.0 Å². The number of thioether (sulfide) groups is 1. The minimum absolute atomic E-state index is 0.189. The summed E-state index contributed by atoms with van der Waals surface area (Å²) >= 11 is 1.22. The fourth-order valence-corrected chi connectivity index (χ4v) is 2.91. The zero-order chi connectivity index (χ0) is 17.9. The number of hydrogen-bond acceptors (Lipinski definition) is 4. The first kappa shape index (κ1) is 18.0. The molecule has 0 bridgehead atoms. The van der Waals surface area contributed by atoms with Crippen molar-refractivity contribution in [1.29, 1.82) is 0 Å². The third-order valence-corrected chi connectivity index (χ3v) is 4.05. The van der Waals surface area contributed by atoms with E-state index in [9.17, 15) is 18.0 Å². The van der Waals surface area contributed by atoms with E-state index < -0.39 is 11.7 Å². The summed E-state index contributed by atoms with van der Waals surface area (Å²) in [7, 11) is 0. The fraction of sp³-hybridized carbons (Fsp3) is 0.235. The van der Waals surface area contributed by atoms with E-state index in [0.29, 0.717) is 27.6 Å².